The van der Waals surface area contributed by atoms with Gasteiger partial charge in [0.2, 0.25) is 5.88 Å². The molecule has 0 atom stereocenters. The Bertz CT molecular complexity index is 506. The number of aromatic nitrogens is 1. The zero-order valence-corrected chi connectivity index (χ0v) is 12.0. The number of hydrogen-bond acceptors (Lipinski definition) is 4. The van der Waals surface area contributed by atoms with E-state index in [9.17, 15) is 26.7 Å². The van der Waals surface area contributed by atoms with Gasteiger partial charge in [0, 0.05) is 0 Å². The highest BCUT2D eigenvalue weighted by molar-refractivity contribution is 14.1. The van der Waals surface area contributed by atoms with Gasteiger partial charge in [-0.25, -0.2) is 18.6 Å². The first kappa shape index (κ1) is 16.9. The lowest BCUT2D eigenvalue weighted by atomic mass is 10.2. The van der Waals surface area contributed by atoms with Crippen molar-refractivity contribution in [1.29, 1.82) is 0 Å². The fourth-order valence-corrected chi connectivity index (χ4v) is 1.79. The van der Waals surface area contributed by atoms with Crippen LogP contribution in [0.5, 0.6) is 5.88 Å². The van der Waals surface area contributed by atoms with Crippen molar-refractivity contribution in [3.63, 3.8) is 0 Å². The monoisotopic (exact) mass is 411 g/mol. The Balaban J connectivity index is 3.28. The SMILES string of the molecule is CCOC(=O)c1cc(C(F)F)c(OC(F)(F)F)nc1I. The van der Waals surface area contributed by atoms with Gasteiger partial charge in [-0.15, -0.1) is 13.2 Å². The summed E-state index contributed by atoms with van der Waals surface area (Å²) in [5.74, 6) is -2.24. The normalized spacial score (nSPS) is 11.6. The molecule has 1 heterocycles. The summed E-state index contributed by atoms with van der Waals surface area (Å²) in [6.07, 6.45) is -8.45. The van der Waals surface area contributed by atoms with E-state index in [1.807, 2.05) is 0 Å². The average molecular weight is 411 g/mol. The van der Waals surface area contributed by atoms with Crippen LogP contribution >= 0.6 is 22.6 Å². The summed E-state index contributed by atoms with van der Waals surface area (Å²) in [4.78, 5) is 14.7. The van der Waals surface area contributed by atoms with Crippen molar-refractivity contribution in [2.45, 2.75) is 19.7 Å². The summed E-state index contributed by atoms with van der Waals surface area (Å²) in [7, 11) is 0. The molecule has 1 aromatic rings. The van der Waals surface area contributed by atoms with Crippen LogP contribution in [0.15, 0.2) is 6.07 Å². The molecule has 0 aliphatic carbocycles. The van der Waals surface area contributed by atoms with Crippen LogP contribution < -0.4 is 4.74 Å². The molecule has 0 aromatic carbocycles. The van der Waals surface area contributed by atoms with Gasteiger partial charge in [0.15, 0.2) is 0 Å². The molecule has 1 rings (SSSR count). The Hall–Kier alpha value is -1.20. The Labute approximate surface area is 123 Å². The predicted octanol–water partition coefficient (Wildman–Crippen LogP) is 3.70. The highest BCUT2D eigenvalue weighted by atomic mass is 127. The second-order valence-corrected chi connectivity index (χ2v) is 4.31. The lowest BCUT2D eigenvalue weighted by Gasteiger charge is -2.13. The third-order valence-corrected chi connectivity index (χ3v) is 2.73. The van der Waals surface area contributed by atoms with Crippen molar-refractivity contribution in [3.8, 4) is 5.88 Å². The van der Waals surface area contributed by atoms with Crippen LogP contribution in [0, 0.1) is 3.70 Å². The molecular formula is C10H7F5INO3. The molecule has 0 aliphatic rings. The van der Waals surface area contributed by atoms with Gasteiger partial charge in [-0.2, -0.15) is 0 Å². The van der Waals surface area contributed by atoms with E-state index >= 15 is 0 Å². The van der Waals surface area contributed by atoms with Crippen molar-refractivity contribution < 1.29 is 36.2 Å². The Morgan fingerprint density at radius 2 is 2.05 bits per heavy atom. The second-order valence-electron chi connectivity index (χ2n) is 3.29. The Morgan fingerprint density at radius 3 is 2.50 bits per heavy atom. The molecule has 0 radical (unpaired) electrons. The number of pyridine rings is 1. The first-order valence-corrected chi connectivity index (χ1v) is 6.15. The summed E-state index contributed by atoms with van der Waals surface area (Å²) in [5, 5.41) is 0. The number of ether oxygens (including phenoxy) is 2. The molecule has 0 spiro atoms. The maximum absolute atomic E-state index is 12.7. The van der Waals surface area contributed by atoms with Crippen molar-refractivity contribution in [2.75, 3.05) is 6.61 Å². The van der Waals surface area contributed by atoms with Gasteiger partial charge in [0.05, 0.1) is 17.7 Å². The minimum Gasteiger partial charge on any atom is -0.462 e. The molecule has 0 N–H and O–H groups in total. The highest BCUT2D eigenvalue weighted by Gasteiger charge is 2.35. The summed E-state index contributed by atoms with van der Waals surface area (Å²) in [5.41, 5.74) is -1.48. The quantitative estimate of drug-likeness (QED) is 0.328. The molecular weight excluding hydrogens is 404 g/mol. The summed E-state index contributed by atoms with van der Waals surface area (Å²) < 4.78 is 69.5. The van der Waals surface area contributed by atoms with E-state index in [2.05, 4.69) is 14.5 Å². The number of halogens is 6. The number of carbonyl (C=O) groups is 1. The number of hydrogen-bond donors (Lipinski definition) is 0. The van der Waals surface area contributed by atoms with Crippen LogP contribution in [0.25, 0.3) is 0 Å². The zero-order chi connectivity index (χ0) is 15.5. The summed E-state index contributed by atoms with van der Waals surface area (Å²) >= 11 is 1.43. The van der Waals surface area contributed by atoms with Gasteiger partial charge in [0.1, 0.15) is 3.70 Å². The number of esters is 1. The van der Waals surface area contributed by atoms with Crippen molar-refractivity contribution in [2.24, 2.45) is 0 Å². The maximum atomic E-state index is 12.7. The average Bonchev–Trinajstić information content (AvgIpc) is 2.26. The fraction of sp³-hybridized carbons (Fsp3) is 0.400. The van der Waals surface area contributed by atoms with E-state index in [0.29, 0.717) is 6.07 Å². The molecule has 0 unspecified atom stereocenters. The van der Waals surface area contributed by atoms with Crippen LogP contribution in [-0.2, 0) is 4.74 Å². The largest absolute Gasteiger partial charge is 0.574 e. The molecule has 112 valence electrons. The molecule has 1 aromatic heterocycles. The fourth-order valence-electron chi connectivity index (χ4n) is 1.19. The van der Waals surface area contributed by atoms with E-state index in [-0.39, 0.29) is 15.9 Å². The van der Waals surface area contributed by atoms with E-state index in [0.717, 1.165) is 0 Å². The van der Waals surface area contributed by atoms with Gasteiger partial charge in [0.25, 0.3) is 6.43 Å². The van der Waals surface area contributed by atoms with Gasteiger partial charge in [-0.3, -0.25) is 0 Å². The van der Waals surface area contributed by atoms with Crippen molar-refractivity contribution in [3.05, 3.63) is 20.9 Å². The third kappa shape index (κ3) is 4.42. The third-order valence-electron chi connectivity index (χ3n) is 1.91. The molecule has 0 amide bonds. The van der Waals surface area contributed by atoms with Crippen molar-refractivity contribution >= 4 is 28.6 Å². The topological polar surface area (TPSA) is 48.4 Å². The maximum Gasteiger partial charge on any atom is 0.574 e. The van der Waals surface area contributed by atoms with E-state index in [4.69, 9.17) is 0 Å². The smallest absolute Gasteiger partial charge is 0.462 e. The van der Waals surface area contributed by atoms with Crippen LogP contribution in [-0.4, -0.2) is 23.9 Å². The minimum atomic E-state index is -5.16. The van der Waals surface area contributed by atoms with Crippen LogP contribution in [0.2, 0.25) is 0 Å². The molecule has 20 heavy (non-hydrogen) atoms. The van der Waals surface area contributed by atoms with Crippen LogP contribution in [0.3, 0.4) is 0 Å². The van der Waals surface area contributed by atoms with Gasteiger partial charge in [-0.1, -0.05) is 0 Å². The number of alkyl halides is 5. The molecule has 0 saturated carbocycles. The second kappa shape index (κ2) is 6.50. The highest BCUT2D eigenvalue weighted by Crippen LogP contribution is 2.33. The van der Waals surface area contributed by atoms with Gasteiger partial charge >= 0.3 is 12.3 Å². The van der Waals surface area contributed by atoms with E-state index in [1.54, 1.807) is 0 Å². The first-order valence-electron chi connectivity index (χ1n) is 5.07. The van der Waals surface area contributed by atoms with Crippen LogP contribution in [0.1, 0.15) is 29.3 Å². The Morgan fingerprint density at radius 1 is 1.45 bits per heavy atom. The minimum absolute atomic E-state index is 0.0142. The standard InChI is InChI=1S/C10H7F5INO3/c1-2-19-9(18)5-3-4(6(11)12)8(17-7(5)16)20-10(13,14)15/h3,6H,2H2,1H3. The van der Waals surface area contributed by atoms with Gasteiger partial charge < -0.3 is 9.47 Å². The number of rotatable bonds is 4. The first-order chi connectivity index (χ1) is 9.15. The molecule has 10 heteroatoms. The predicted molar refractivity (Wildman–Crippen MR) is 64.6 cm³/mol. The summed E-state index contributed by atoms with van der Waals surface area (Å²) in [6, 6.07) is 0.582. The molecule has 0 aliphatic heterocycles. The molecule has 0 fully saturated rings. The Kier molecular flexibility index (Phi) is 5.48. The molecule has 0 bridgehead atoms. The van der Waals surface area contributed by atoms with Crippen LogP contribution in [0.4, 0.5) is 22.0 Å². The zero-order valence-electron chi connectivity index (χ0n) is 9.80. The lowest BCUT2D eigenvalue weighted by molar-refractivity contribution is -0.276. The van der Waals surface area contributed by atoms with Crippen molar-refractivity contribution in [1.82, 2.24) is 4.98 Å². The lowest BCUT2D eigenvalue weighted by Crippen LogP contribution is -2.20. The molecule has 4 nitrogen and oxygen atoms in total. The van der Waals surface area contributed by atoms with E-state index in [1.165, 1.54) is 29.5 Å². The van der Waals surface area contributed by atoms with E-state index < -0.39 is 30.2 Å². The summed E-state index contributed by atoms with van der Waals surface area (Å²) in [6.45, 7) is 1.48. The number of carbonyl (C=O) groups excluding carboxylic acids is 1. The number of nitrogens with zero attached hydrogens (tertiary/aromatic N) is 1. The van der Waals surface area contributed by atoms with Gasteiger partial charge in [-0.05, 0) is 35.6 Å². The molecule has 0 saturated heterocycles.